The number of nitrogens with one attached hydrogen (secondary N) is 2. The Morgan fingerprint density at radius 3 is 2.83 bits per heavy atom. The van der Waals surface area contributed by atoms with E-state index in [0.717, 1.165) is 4.68 Å². The molecule has 120 valence electrons. The molecule has 0 fully saturated rings. The van der Waals surface area contributed by atoms with Crippen LogP contribution in [0.3, 0.4) is 0 Å². The molecule has 0 unspecified atom stereocenters. The normalized spacial score (nSPS) is 9.96. The minimum Gasteiger partial charge on any atom is -0.483 e. The average molecular weight is 319 g/mol. The molecule has 11 heteroatoms. The van der Waals surface area contributed by atoms with Crippen LogP contribution in [0.5, 0.6) is 0 Å². The zero-order valence-electron chi connectivity index (χ0n) is 12.0. The predicted molar refractivity (Wildman–Crippen MR) is 76.7 cm³/mol. The number of hydrogen-bond donors (Lipinski definition) is 3. The van der Waals surface area contributed by atoms with Gasteiger partial charge in [0.1, 0.15) is 0 Å². The Morgan fingerprint density at radius 2 is 2.17 bits per heavy atom. The molecule has 0 aromatic carbocycles. The third-order valence-electron chi connectivity index (χ3n) is 2.78. The van der Waals surface area contributed by atoms with Gasteiger partial charge in [-0.15, -0.1) is 15.3 Å². The fourth-order valence-corrected chi connectivity index (χ4v) is 1.76. The summed E-state index contributed by atoms with van der Waals surface area (Å²) in [7, 11) is 1.46. The van der Waals surface area contributed by atoms with Gasteiger partial charge < -0.3 is 10.4 Å². The molecule has 1 amide bonds. The highest BCUT2D eigenvalue weighted by atomic mass is 16.3. The minimum atomic E-state index is -0.476. The lowest BCUT2D eigenvalue weighted by Crippen LogP contribution is -2.25. The summed E-state index contributed by atoms with van der Waals surface area (Å²) in [6.07, 6.45) is 1.81. The Bertz CT molecular complexity index is 879. The largest absolute Gasteiger partial charge is 0.483 e. The number of pyridine rings is 1. The number of carbonyl (C=O) groups is 2. The first kappa shape index (κ1) is 15.9. The number of nitrogens with zero attached hydrogens (tertiary/aromatic N) is 5. The van der Waals surface area contributed by atoms with Gasteiger partial charge in [-0.25, -0.2) is 9.48 Å². The average Bonchev–Trinajstić information content (AvgIpc) is 3.10. The maximum absolute atomic E-state index is 11.8. The molecule has 3 N–H and O–H groups in total. The first-order chi connectivity index (χ1) is 11.1. The van der Waals surface area contributed by atoms with Crippen LogP contribution in [0.25, 0.3) is 5.65 Å². The SMILES string of the molecule is Cn1nc(C(=O)NCc2nnc3ccccn23)[nH]c1=O.O=CO. The molecule has 0 radical (unpaired) electrons. The van der Waals surface area contributed by atoms with Crippen LogP contribution in [0.2, 0.25) is 0 Å². The molecule has 0 spiro atoms. The molecule has 0 saturated heterocycles. The molecular formula is C12H13N7O4. The van der Waals surface area contributed by atoms with Gasteiger partial charge in [0, 0.05) is 13.2 Å². The van der Waals surface area contributed by atoms with E-state index in [0.29, 0.717) is 11.5 Å². The van der Waals surface area contributed by atoms with Crippen LogP contribution < -0.4 is 11.0 Å². The van der Waals surface area contributed by atoms with E-state index in [-0.39, 0.29) is 18.8 Å². The van der Waals surface area contributed by atoms with Gasteiger partial charge in [0.15, 0.2) is 11.5 Å². The number of carboxylic acid groups (broad SMARTS) is 1. The molecule has 0 bridgehead atoms. The standard InChI is InChI=1S/C11H11N7O2.CH2O2/c1-17-11(20)13-9(16-17)10(19)12-6-8-15-14-7-4-2-3-5-18(7)8;2-1-3/h2-5H,6H2,1H3,(H,12,19)(H,13,16,20);1H,(H,2,3). The van der Waals surface area contributed by atoms with Crippen LogP contribution in [0.15, 0.2) is 29.2 Å². The van der Waals surface area contributed by atoms with Gasteiger partial charge in [0.2, 0.25) is 5.82 Å². The van der Waals surface area contributed by atoms with E-state index in [4.69, 9.17) is 9.90 Å². The predicted octanol–water partition coefficient (Wildman–Crippen LogP) is -1.22. The van der Waals surface area contributed by atoms with Gasteiger partial charge in [-0.05, 0) is 12.1 Å². The zero-order valence-corrected chi connectivity index (χ0v) is 12.0. The number of aryl methyl sites for hydroxylation is 1. The van der Waals surface area contributed by atoms with Crippen molar-refractivity contribution in [3.05, 3.63) is 46.5 Å². The van der Waals surface area contributed by atoms with Crippen molar-refractivity contribution in [2.75, 3.05) is 0 Å². The molecule has 0 aliphatic heterocycles. The van der Waals surface area contributed by atoms with Gasteiger partial charge in [-0.1, -0.05) is 6.07 Å². The summed E-state index contributed by atoms with van der Waals surface area (Å²) < 4.78 is 2.82. The van der Waals surface area contributed by atoms with E-state index in [1.54, 1.807) is 10.6 Å². The Labute approximate surface area is 128 Å². The van der Waals surface area contributed by atoms with Gasteiger partial charge in [0.25, 0.3) is 12.4 Å². The maximum Gasteiger partial charge on any atom is 0.343 e. The third-order valence-corrected chi connectivity index (χ3v) is 2.78. The highest BCUT2D eigenvalue weighted by Gasteiger charge is 2.13. The first-order valence-corrected chi connectivity index (χ1v) is 6.34. The Hall–Kier alpha value is -3.50. The summed E-state index contributed by atoms with van der Waals surface area (Å²) in [5.41, 5.74) is 0.256. The van der Waals surface area contributed by atoms with Crippen molar-refractivity contribution in [1.82, 2.24) is 34.7 Å². The number of rotatable bonds is 3. The van der Waals surface area contributed by atoms with Crippen molar-refractivity contribution < 1.29 is 14.7 Å². The lowest BCUT2D eigenvalue weighted by atomic mass is 10.4. The second-order valence-electron chi connectivity index (χ2n) is 4.24. The fourth-order valence-electron chi connectivity index (χ4n) is 1.76. The molecule has 0 aliphatic rings. The van der Waals surface area contributed by atoms with E-state index >= 15 is 0 Å². The highest BCUT2D eigenvalue weighted by Crippen LogP contribution is 2.02. The molecule has 3 aromatic heterocycles. The lowest BCUT2D eigenvalue weighted by Gasteiger charge is -2.01. The van der Waals surface area contributed by atoms with Gasteiger partial charge in [-0.2, -0.15) is 0 Å². The quantitative estimate of drug-likeness (QED) is 0.513. The van der Waals surface area contributed by atoms with E-state index in [9.17, 15) is 9.59 Å². The number of hydrogen-bond acceptors (Lipinski definition) is 6. The summed E-state index contributed by atoms with van der Waals surface area (Å²) in [4.78, 5) is 33.7. The summed E-state index contributed by atoms with van der Waals surface area (Å²) in [6.45, 7) is -0.0668. The Kier molecular flexibility index (Phi) is 4.82. The summed E-state index contributed by atoms with van der Waals surface area (Å²) in [5.74, 6) is 0.0777. The molecular weight excluding hydrogens is 306 g/mol. The molecule has 3 heterocycles. The van der Waals surface area contributed by atoms with Crippen LogP contribution in [-0.4, -0.2) is 46.8 Å². The summed E-state index contributed by atoms with van der Waals surface area (Å²) >= 11 is 0. The first-order valence-electron chi connectivity index (χ1n) is 6.34. The number of aromatic nitrogens is 6. The second-order valence-corrected chi connectivity index (χ2v) is 4.24. The van der Waals surface area contributed by atoms with E-state index in [2.05, 4.69) is 25.6 Å². The van der Waals surface area contributed by atoms with Crippen LogP contribution in [0, 0.1) is 0 Å². The second kappa shape index (κ2) is 6.98. The molecule has 0 aliphatic carbocycles. The van der Waals surface area contributed by atoms with Crippen LogP contribution in [0.4, 0.5) is 0 Å². The van der Waals surface area contributed by atoms with Crippen molar-refractivity contribution >= 4 is 18.0 Å². The van der Waals surface area contributed by atoms with Crippen molar-refractivity contribution in [3.63, 3.8) is 0 Å². The molecule has 3 rings (SSSR count). The fraction of sp³-hybridized carbons (Fsp3) is 0.167. The molecule has 0 saturated carbocycles. The molecule has 3 aromatic rings. The Morgan fingerprint density at radius 1 is 1.43 bits per heavy atom. The van der Waals surface area contributed by atoms with E-state index in [1.165, 1.54) is 7.05 Å². The van der Waals surface area contributed by atoms with E-state index in [1.807, 2.05) is 18.2 Å². The van der Waals surface area contributed by atoms with Crippen LogP contribution in [-0.2, 0) is 18.4 Å². The third kappa shape index (κ3) is 3.58. The van der Waals surface area contributed by atoms with Gasteiger partial charge in [-0.3, -0.25) is 19.0 Å². The highest BCUT2D eigenvalue weighted by molar-refractivity contribution is 5.90. The topological polar surface area (TPSA) is 147 Å². The van der Waals surface area contributed by atoms with Gasteiger partial charge in [0.05, 0.1) is 6.54 Å². The lowest BCUT2D eigenvalue weighted by molar-refractivity contribution is -0.122. The summed E-state index contributed by atoms with van der Waals surface area (Å²) in [6, 6.07) is 5.51. The van der Waals surface area contributed by atoms with Crippen molar-refractivity contribution in [2.45, 2.75) is 6.54 Å². The molecule has 11 nitrogen and oxygen atoms in total. The number of fused-ring (bicyclic) bond motifs is 1. The summed E-state index contributed by atoms with van der Waals surface area (Å²) in [5, 5.41) is 21.2. The molecule has 23 heavy (non-hydrogen) atoms. The minimum absolute atomic E-state index is 0.0358. The molecule has 0 atom stereocenters. The zero-order chi connectivity index (χ0) is 16.8. The number of amides is 1. The van der Waals surface area contributed by atoms with Crippen LogP contribution >= 0.6 is 0 Å². The van der Waals surface area contributed by atoms with Crippen molar-refractivity contribution in [2.24, 2.45) is 7.05 Å². The van der Waals surface area contributed by atoms with Crippen molar-refractivity contribution in [3.8, 4) is 0 Å². The number of H-pyrrole nitrogens is 1. The maximum atomic E-state index is 11.8. The van der Waals surface area contributed by atoms with Gasteiger partial charge >= 0.3 is 5.69 Å². The number of carbonyl (C=O) groups excluding carboxylic acids is 1. The Balaban J connectivity index is 0.000000595. The van der Waals surface area contributed by atoms with Crippen molar-refractivity contribution in [1.29, 1.82) is 0 Å². The smallest absolute Gasteiger partial charge is 0.343 e. The van der Waals surface area contributed by atoms with Crippen LogP contribution in [0.1, 0.15) is 16.4 Å². The number of aromatic amines is 1. The van der Waals surface area contributed by atoms with E-state index < -0.39 is 11.6 Å². The monoisotopic (exact) mass is 319 g/mol.